The molecule has 4 heteroatoms. The van der Waals surface area contributed by atoms with Gasteiger partial charge in [0.25, 0.3) is 5.91 Å². The van der Waals surface area contributed by atoms with Crippen LogP contribution in [0.5, 0.6) is 0 Å². The van der Waals surface area contributed by atoms with E-state index in [4.69, 9.17) is 0 Å². The average Bonchev–Trinajstić information content (AvgIpc) is 3.21. The van der Waals surface area contributed by atoms with Gasteiger partial charge in [-0.05, 0) is 70.9 Å². The third-order valence-corrected chi connectivity index (χ3v) is 7.00. The lowest BCUT2D eigenvalue weighted by atomic mass is 9.93. The molecule has 0 N–H and O–H groups in total. The molecule has 1 aromatic heterocycles. The molecule has 0 saturated heterocycles. The molecule has 1 amide bonds. The minimum Gasteiger partial charge on any atom is -0.334 e. The number of amides is 1. The first-order chi connectivity index (χ1) is 13.7. The predicted octanol–water partition coefficient (Wildman–Crippen LogP) is 4.82. The van der Waals surface area contributed by atoms with Gasteiger partial charge in [0.2, 0.25) is 0 Å². The van der Waals surface area contributed by atoms with Crippen molar-refractivity contribution in [1.29, 1.82) is 0 Å². The lowest BCUT2D eigenvalue weighted by Crippen LogP contribution is -2.35. The molecule has 2 aliphatic rings. The first-order valence-corrected chi connectivity index (χ1v) is 10.8. The van der Waals surface area contributed by atoms with E-state index < -0.39 is 0 Å². The van der Waals surface area contributed by atoms with Gasteiger partial charge < -0.3 is 9.80 Å². The maximum atomic E-state index is 13.1. The quantitative estimate of drug-likeness (QED) is 0.628. The van der Waals surface area contributed by atoms with Crippen molar-refractivity contribution in [1.82, 2.24) is 9.80 Å². The summed E-state index contributed by atoms with van der Waals surface area (Å²) in [5.74, 6) is 0.141. The first-order valence-electron chi connectivity index (χ1n) is 9.94. The highest BCUT2D eigenvalue weighted by molar-refractivity contribution is 7.10. The number of fused-ring (bicyclic) bond motifs is 2. The minimum atomic E-state index is 0.141. The van der Waals surface area contributed by atoms with Gasteiger partial charge >= 0.3 is 0 Å². The number of hydrogen-bond donors (Lipinski definition) is 0. The number of thiophene rings is 1. The Balaban J connectivity index is 1.45. The van der Waals surface area contributed by atoms with Gasteiger partial charge in [0, 0.05) is 36.6 Å². The molecule has 0 bridgehead atoms. The van der Waals surface area contributed by atoms with Gasteiger partial charge in [0.15, 0.2) is 0 Å². The van der Waals surface area contributed by atoms with Crippen LogP contribution in [-0.2, 0) is 13.0 Å². The maximum absolute atomic E-state index is 13.1. The second-order valence-corrected chi connectivity index (χ2v) is 8.83. The molecule has 2 aromatic carbocycles. The summed E-state index contributed by atoms with van der Waals surface area (Å²) < 4.78 is 0. The van der Waals surface area contributed by atoms with Gasteiger partial charge in [-0.25, -0.2) is 0 Å². The van der Waals surface area contributed by atoms with E-state index in [9.17, 15) is 4.79 Å². The topological polar surface area (TPSA) is 23.6 Å². The Bertz CT molecular complexity index is 1080. The molecule has 3 heterocycles. The van der Waals surface area contributed by atoms with Crippen LogP contribution in [0, 0.1) is 0 Å². The highest BCUT2D eigenvalue weighted by Crippen LogP contribution is 2.30. The summed E-state index contributed by atoms with van der Waals surface area (Å²) in [6.07, 6.45) is 4.38. The Labute approximate surface area is 169 Å². The van der Waals surface area contributed by atoms with Crippen LogP contribution < -0.4 is 0 Å². The summed E-state index contributed by atoms with van der Waals surface area (Å²) in [5.41, 5.74) is 4.83. The van der Waals surface area contributed by atoms with E-state index in [1.54, 1.807) is 11.3 Å². The zero-order chi connectivity index (χ0) is 19.1. The van der Waals surface area contributed by atoms with E-state index in [2.05, 4.69) is 59.8 Å². The number of carbonyl (C=O) groups excluding carboxylic acids is 1. The van der Waals surface area contributed by atoms with Crippen molar-refractivity contribution in [2.24, 2.45) is 0 Å². The average molecular weight is 389 g/mol. The number of carbonyl (C=O) groups is 1. The van der Waals surface area contributed by atoms with Crippen LogP contribution in [0.1, 0.15) is 32.8 Å². The van der Waals surface area contributed by atoms with E-state index in [1.165, 1.54) is 27.0 Å². The van der Waals surface area contributed by atoms with Gasteiger partial charge in [-0.2, -0.15) is 0 Å². The summed E-state index contributed by atoms with van der Waals surface area (Å²) in [7, 11) is 2.16. The molecule has 0 unspecified atom stereocenters. The molecule has 0 atom stereocenters. The van der Waals surface area contributed by atoms with E-state index in [1.807, 2.05) is 11.0 Å². The first kappa shape index (κ1) is 17.7. The molecule has 0 saturated carbocycles. The Morgan fingerprint density at radius 1 is 1.07 bits per heavy atom. The second-order valence-electron chi connectivity index (χ2n) is 7.83. The molecule has 3 nitrogen and oxygen atoms in total. The van der Waals surface area contributed by atoms with Gasteiger partial charge in [-0.15, -0.1) is 11.3 Å². The lowest BCUT2D eigenvalue weighted by Gasteiger charge is -2.27. The second kappa shape index (κ2) is 7.19. The summed E-state index contributed by atoms with van der Waals surface area (Å²) in [6.45, 7) is 3.64. The van der Waals surface area contributed by atoms with Gasteiger partial charge in [0.1, 0.15) is 0 Å². The van der Waals surface area contributed by atoms with Crippen LogP contribution >= 0.6 is 11.3 Å². The van der Waals surface area contributed by atoms with Gasteiger partial charge in [-0.3, -0.25) is 4.79 Å². The molecule has 0 fully saturated rings. The zero-order valence-electron chi connectivity index (χ0n) is 16.1. The molecule has 0 radical (unpaired) electrons. The third kappa shape index (κ3) is 3.17. The van der Waals surface area contributed by atoms with Crippen LogP contribution in [0.15, 0.2) is 53.9 Å². The fourth-order valence-electron chi connectivity index (χ4n) is 4.32. The molecular formula is C24H24N2OS. The van der Waals surface area contributed by atoms with Crippen LogP contribution in [0.25, 0.3) is 16.3 Å². The molecule has 5 rings (SSSR count). The molecule has 3 aromatic rings. The number of hydrogen-bond acceptors (Lipinski definition) is 3. The minimum absolute atomic E-state index is 0.141. The summed E-state index contributed by atoms with van der Waals surface area (Å²) in [4.78, 5) is 18.9. The monoisotopic (exact) mass is 388 g/mol. The van der Waals surface area contributed by atoms with Crippen LogP contribution in [-0.4, -0.2) is 42.4 Å². The molecular weight excluding hydrogens is 364 g/mol. The fraction of sp³-hybridized carbons (Fsp3) is 0.292. The normalized spacial score (nSPS) is 17.5. The van der Waals surface area contributed by atoms with Crippen molar-refractivity contribution >= 4 is 33.6 Å². The standard InChI is InChI=1S/C24H24N2OS/c1-25-11-7-17(8-12-25)21-4-2-3-18-15-19(5-6-22(18)21)24(27)26-13-9-23-20(16-26)10-14-28-23/h2-7,10,14-15H,8-9,11-13,16H2,1H3. The Kier molecular flexibility index (Phi) is 4.53. The van der Waals surface area contributed by atoms with Crippen molar-refractivity contribution in [2.75, 3.05) is 26.7 Å². The van der Waals surface area contributed by atoms with E-state index in [0.717, 1.165) is 50.0 Å². The number of likely N-dealkylation sites (N-methyl/N-ethyl adjacent to an activating group) is 1. The number of benzene rings is 2. The van der Waals surface area contributed by atoms with E-state index >= 15 is 0 Å². The largest absolute Gasteiger partial charge is 0.334 e. The molecule has 0 spiro atoms. The third-order valence-electron chi connectivity index (χ3n) is 5.98. The molecule has 28 heavy (non-hydrogen) atoms. The molecule has 142 valence electrons. The van der Waals surface area contributed by atoms with Crippen molar-refractivity contribution in [3.05, 3.63) is 75.5 Å². The fourth-order valence-corrected chi connectivity index (χ4v) is 5.21. The Morgan fingerprint density at radius 2 is 2.00 bits per heavy atom. The predicted molar refractivity (Wildman–Crippen MR) is 117 cm³/mol. The Hall–Kier alpha value is -2.43. The number of rotatable bonds is 2. The molecule has 2 aliphatic heterocycles. The van der Waals surface area contributed by atoms with Gasteiger partial charge in [0.05, 0.1) is 0 Å². The zero-order valence-corrected chi connectivity index (χ0v) is 17.0. The highest BCUT2D eigenvalue weighted by atomic mass is 32.1. The molecule has 0 aliphatic carbocycles. The van der Waals surface area contributed by atoms with Crippen LogP contribution in [0.4, 0.5) is 0 Å². The summed E-state index contributed by atoms with van der Waals surface area (Å²) >= 11 is 1.81. The SMILES string of the molecule is CN1CC=C(c2cccc3cc(C(=O)N4CCc5sccc5C4)ccc23)CC1. The number of nitrogens with zero attached hydrogens (tertiary/aromatic N) is 2. The maximum Gasteiger partial charge on any atom is 0.254 e. The van der Waals surface area contributed by atoms with Crippen molar-refractivity contribution in [3.63, 3.8) is 0 Å². The van der Waals surface area contributed by atoms with Crippen molar-refractivity contribution in [2.45, 2.75) is 19.4 Å². The van der Waals surface area contributed by atoms with Crippen molar-refractivity contribution < 1.29 is 4.79 Å². The summed E-state index contributed by atoms with van der Waals surface area (Å²) in [6, 6.07) is 14.8. The van der Waals surface area contributed by atoms with Crippen LogP contribution in [0.3, 0.4) is 0 Å². The Morgan fingerprint density at radius 3 is 2.86 bits per heavy atom. The van der Waals surface area contributed by atoms with Crippen LogP contribution in [0.2, 0.25) is 0 Å². The van der Waals surface area contributed by atoms with E-state index in [0.29, 0.717) is 0 Å². The highest BCUT2D eigenvalue weighted by Gasteiger charge is 2.23. The van der Waals surface area contributed by atoms with Crippen molar-refractivity contribution in [3.8, 4) is 0 Å². The lowest BCUT2D eigenvalue weighted by molar-refractivity contribution is 0.0736. The smallest absolute Gasteiger partial charge is 0.254 e. The van der Waals surface area contributed by atoms with Gasteiger partial charge in [-0.1, -0.05) is 30.3 Å². The summed E-state index contributed by atoms with van der Waals surface area (Å²) in [5, 5.41) is 4.53. The van der Waals surface area contributed by atoms with E-state index in [-0.39, 0.29) is 5.91 Å².